The molecule has 0 saturated heterocycles. The molecule has 4 nitrogen and oxygen atoms in total. The molecule has 0 aliphatic carbocycles. The van der Waals surface area contributed by atoms with Crippen LogP contribution in [-0.2, 0) is 28.3 Å². The normalized spacial score (nSPS) is 11.8. The van der Waals surface area contributed by atoms with Crippen LogP contribution in [0.2, 0.25) is 10.0 Å². The summed E-state index contributed by atoms with van der Waals surface area (Å²) < 4.78 is 0. The molecule has 3 aromatic rings. The van der Waals surface area contributed by atoms with Gasteiger partial charge in [0.2, 0.25) is 11.8 Å². The lowest BCUT2D eigenvalue weighted by Gasteiger charge is -2.32. The molecule has 36 heavy (non-hydrogen) atoms. The predicted molar refractivity (Wildman–Crippen MR) is 151 cm³/mol. The van der Waals surface area contributed by atoms with Gasteiger partial charge in [0.15, 0.2) is 0 Å². The van der Waals surface area contributed by atoms with Gasteiger partial charge in [-0.3, -0.25) is 9.59 Å². The van der Waals surface area contributed by atoms with Gasteiger partial charge in [0.05, 0.1) is 5.75 Å². The number of carbonyl (C=O) groups excluding carboxylic acids is 2. The molecule has 0 spiro atoms. The van der Waals surface area contributed by atoms with E-state index in [0.717, 1.165) is 11.1 Å². The average Bonchev–Trinajstić information content (AvgIpc) is 2.87. The van der Waals surface area contributed by atoms with E-state index in [-0.39, 0.29) is 30.0 Å². The first-order valence-corrected chi connectivity index (χ1v) is 13.9. The van der Waals surface area contributed by atoms with E-state index in [0.29, 0.717) is 34.3 Å². The van der Waals surface area contributed by atoms with Crippen molar-refractivity contribution in [3.8, 4) is 0 Å². The maximum absolute atomic E-state index is 13.7. The second kappa shape index (κ2) is 14.3. The van der Waals surface area contributed by atoms with Crippen molar-refractivity contribution in [1.82, 2.24) is 10.2 Å². The Kier molecular flexibility index (Phi) is 11.2. The minimum atomic E-state index is -0.705. The predicted octanol–water partition coefficient (Wildman–Crippen LogP) is 6.64. The van der Waals surface area contributed by atoms with Crippen LogP contribution in [0.3, 0.4) is 0 Å². The second-order valence-corrected chi connectivity index (χ2v) is 10.8. The molecule has 0 aromatic heterocycles. The Bertz CT molecular complexity index is 1110. The SMILES string of the molecule is CC(C)CNC(=O)[C@@H](Cc1ccccc1)N(Cc1c(Cl)cccc1Cl)C(=O)CSCc1ccccc1. The maximum atomic E-state index is 13.7. The number of amides is 2. The monoisotopic (exact) mass is 542 g/mol. The van der Waals surface area contributed by atoms with Crippen molar-refractivity contribution in [2.75, 3.05) is 12.3 Å². The summed E-state index contributed by atoms with van der Waals surface area (Å²) in [6.07, 6.45) is 0.391. The molecule has 7 heteroatoms. The summed E-state index contributed by atoms with van der Waals surface area (Å²) in [6, 6.07) is 24.3. The van der Waals surface area contributed by atoms with E-state index in [9.17, 15) is 9.59 Å². The van der Waals surface area contributed by atoms with Gasteiger partial charge in [0.1, 0.15) is 6.04 Å². The summed E-state index contributed by atoms with van der Waals surface area (Å²) >= 11 is 14.5. The highest BCUT2D eigenvalue weighted by Gasteiger charge is 2.31. The highest BCUT2D eigenvalue weighted by Crippen LogP contribution is 2.28. The zero-order chi connectivity index (χ0) is 25.9. The van der Waals surface area contributed by atoms with Crippen molar-refractivity contribution < 1.29 is 9.59 Å². The maximum Gasteiger partial charge on any atom is 0.243 e. The van der Waals surface area contributed by atoms with Crippen molar-refractivity contribution in [2.24, 2.45) is 5.92 Å². The number of rotatable bonds is 12. The molecule has 3 aromatic carbocycles. The molecule has 0 bridgehead atoms. The lowest BCUT2D eigenvalue weighted by atomic mass is 10.0. The molecule has 0 fully saturated rings. The number of nitrogens with one attached hydrogen (secondary N) is 1. The van der Waals surface area contributed by atoms with Crippen LogP contribution in [0.4, 0.5) is 0 Å². The number of nitrogens with zero attached hydrogens (tertiary/aromatic N) is 1. The van der Waals surface area contributed by atoms with E-state index in [2.05, 4.69) is 5.32 Å². The van der Waals surface area contributed by atoms with Crippen LogP contribution in [0, 0.1) is 5.92 Å². The number of benzene rings is 3. The molecule has 3 rings (SSSR count). The van der Waals surface area contributed by atoms with Gasteiger partial charge in [-0.1, -0.05) is 104 Å². The van der Waals surface area contributed by atoms with E-state index in [4.69, 9.17) is 23.2 Å². The first-order valence-electron chi connectivity index (χ1n) is 12.0. The Morgan fingerprint density at radius 2 is 1.44 bits per heavy atom. The molecular weight excluding hydrogens is 511 g/mol. The highest BCUT2D eigenvalue weighted by molar-refractivity contribution is 7.99. The van der Waals surface area contributed by atoms with Gasteiger partial charge in [0, 0.05) is 40.9 Å². The largest absolute Gasteiger partial charge is 0.354 e. The smallest absolute Gasteiger partial charge is 0.243 e. The molecular formula is C29H32Cl2N2O2S. The first-order chi connectivity index (χ1) is 17.3. The van der Waals surface area contributed by atoms with Crippen LogP contribution < -0.4 is 5.32 Å². The molecule has 190 valence electrons. The molecule has 1 atom stereocenters. The second-order valence-electron chi connectivity index (χ2n) is 9.04. The van der Waals surface area contributed by atoms with Crippen LogP contribution in [-0.4, -0.2) is 35.1 Å². The lowest BCUT2D eigenvalue weighted by Crippen LogP contribution is -2.51. The minimum absolute atomic E-state index is 0.132. The summed E-state index contributed by atoms with van der Waals surface area (Å²) in [4.78, 5) is 28.8. The number of hydrogen-bond acceptors (Lipinski definition) is 3. The molecule has 0 aliphatic heterocycles. The van der Waals surface area contributed by atoms with Gasteiger partial charge in [-0.2, -0.15) is 0 Å². The summed E-state index contributed by atoms with van der Waals surface area (Å²) in [5.41, 5.74) is 2.76. The Morgan fingerprint density at radius 3 is 2.03 bits per heavy atom. The van der Waals surface area contributed by atoms with Crippen molar-refractivity contribution in [3.63, 3.8) is 0 Å². The van der Waals surface area contributed by atoms with Gasteiger partial charge < -0.3 is 10.2 Å². The Hall–Kier alpha value is -2.47. The molecule has 0 unspecified atom stereocenters. The van der Waals surface area contributed by atoms with E-state index in [1.54, 1.807) is 23.1 Å². The summed E-state index contributed by atoms with van der Waals surface area (Å²) in [5.74, 6) is 0.912. The van der Waals surface area contributed by atoms with Crippen LogP contribution in [0.25, 0.3) is 0 Å². The zero-order valence-electron chi connectivity index (χ0n) is 20.6. The topological polar surface area (TPSA) is 49.4 Å². The zero-order valence-corrected chi connectivity index (χ0v) is 23.0. The molecule has 0 saturated carbocycles. The fourth-order valence-electron chi connectivity index (χ4n) is 3.74. The summed E-state index contributed by atoms with van der Waals surface area (Å²) in [5, 5.41) is 3.97. The average molecular weight is 544 g/mol. The number of carbonyl (C=O) groups is 2. The fourth-order valence-corrected chi connectivity index (χ4v) is 5.13. The Labute approximate surface area is 228 Å². The molecule has 1 N–H and O–H groups in total. The van der Waals surface area contributed by atoms with Crippen LogP contribution in [0.5, 0.6) is 0 Å². The fraction of sp³-hybridized carbons (Fsp3) is 0.310. The minimum Gasteiger partial charge on any atom is -0.354 e. The van der Waals surface area contributed by atoms with Gasteiger partial charge in [0.25, 0.3) is 0 Å². The Balaban J connectivity index is 1.89. The van der Waals surface area contributed by atoms with E-state index < -0.39 is 6.04 Å². The van der Waals surface area contributed by atoms with Crippen molar-refractivity contribution in [1.29, 1.82) is 0 Å². The van der Waals surface area contributed by atoms with Gasteiger partial charge in [-0.05, 0) is 29.2 Å². The molecule has 2 amide bonds. The number of hydrogen-bond donors (Lipinski definition) is 1. The summed E-state index contributed by atoms with van der Waals surface area (Å²) in [6.45, 7) is 4.76. The van der Waals surface area contributed by atoms with Crippen LogP contribution in [0.1, 0.15) is 30.5 Å². The van der Waals surface area contributed by atoms with E-state index >= 15 is 0 Å². The highest BCUT2D eigenvalue weighted by atomic mass is 35.5. The van der Waals surface area contributed by atoms with E-state index in [1.165, 1.54) is 11.8 Å². The third-order valence-electron chi connectivity index (χ3n) is 5.68. The quantitative estimate of drug-likeness (QED) is 0.279. The van der Waals surface area contributed by atoms with Gasteiger partial charge >= 0.3 is 0 Å². The van der Waals surface area contributed by atoms with Gasteiger partial charge in [-0.25, -0.2) is 0 Å². The van der Waals surface area contributed by atoms with Crippen LogP contribution in [0.15, 0.2) is 78.9 Å². The Morgan fingerprint density at radius 1 is 0.861 bits per heavy atom. The molecule has 0 aliphatic rings. The van der Waals surface area contributed by atoms with Gasteiger partial charge in [-0.15, -0.1) is 11.8 Å². The standard InChI is InChI=1S/C29H32Cl2N2O2S/c1-21(2)17-32-29(35)27(16-22-10-5-3-6-11-22)33(18-24-25(30)14-9-15-26(24)31)28(34)20-36-19-23-12-7-4-8-13-23/h3-15,21,27H,16-20H2,1-2H3,(H,32,35)/t27-/m1/s1. The van der Waals surface area contributed by atoms with E-state index in [1.807, 2.05) is 74.5 Å². The first kappa shape index (κ1) is 28.1. The van der Waals surface area contributed by atoms with Crippen molar-refractivity contribution >= 4 is 46.8 Å². The lowest BCUT2D eigenvalue weighted by molar-refractivity contribution is -0.139. The molecule has 0 heterocycles. The van der Waals surface area contributed by atoms with Crippen molar-refractivity contribution in [2.45, 2.75) is 38.6 Å². The third-order valence-corrected chi connectivity index (χ3v) is 7.38. The number of halogens is 2. The number of thioether (sulfide) groups is 1. The molecule has 0 radical (unpaired) electrons. The summed E-state index contributed by atoms with van der Waals surface area (Å²) in [7, 11) is 0. The third kappa shape index (κ3) is 8.58. The van der Waals surface area contributed by atoms with Crippen molar-refractivity contribution in [3.05, 3.63) is 106 Å². The van der Waals surface area contributed by atoms with Crippen LogP contribution >= 0.6 is 35.0 Å².